The Kier molecular flexibility index (Phi) is 12.5. The smallest absolute Gasteiger partial charge is 0.475 e. The molecule has 1 atom stereocenters. The molecule has 0 aliphatic carbocycles. The molecule has 0 saturated carbocycles. The van der Waals surface area contributed by atoms with Gasteiger partial charge < -0.3 is 19.7 Å². The van der Waals surface area contributed by atoms with Crippen molar-refractivity contribution in [3.63, 3.8) is 0 Å². The lowest BCUT2D eigenvalue weighted by Gasteiger charge is -2.53. The number of carboxylic acid groups (broad SMARTS) is 2. The number of ether oxygens (including phenoxy) is 2. The number of pyridine rings is 2. The van der Waals surface area contributed by atoms with Crippen LogP contribution in [0.4, 0.5) is 26.3 Å². The average molecular weight is 596 g/mol. The molecule has 2 fully saturated rings. The van der Waals surface area contributed by atoms with Gasteiger partial charge in [0.2, 0.25) is 0 Å². The van der Waals surface area contributed by atoms with Crippen molar-refractivity contribution < 1.29 is 55.6 Å². The predicted molar refractivity (Wildman–Crippen MR) is 132 cm³/mol. The van der Waals surface area contributed by atoms with Crippen LogP contribution >= 0.6 is 0 Å². The maximum Gasteiger partial charge on any atom is 0.490 e. The zero-order chi connectivity index (χ0) is 30.7. The Morgan fingerprint density at radius 2 is 1.66 bits per heavy atom. The van der Waals surface area contributed by atoms with Gasteiger partial charge in [-0.2, -0.15) is 26.3 Å². The number of likely N-dealkylation sites (tertiary alicyclic amines) is 1. The first-order valence-corrected chi connectivity index (χ1v) is 12.4. The minimum absolute atomic E-state index is 0.0750. The fourth-order valence-corrected chi connectivity index (χ4v) is 4.36. The monoisotopic (exact) mass is 595 g/mol. The molecule has 0 radical (unpaired) electrons. The molecule has 2 saturated heterocycles. The summed E-state index contributed by atoms with van der Waals surface area (Å²) < 4.78 is 75.6. The summed E-state index contributed by atoms with van der Waals surface area (Å²) in [6.07, 6.45) is 0.811. The highest BCUT2D eigenvalue weighted by molar-refractivity contribution is 5.73. The number of halogens is 6. The highest BCUT2D eigenvalue weighted by Gasteiger charge is 2.47. The molecule has 9 nitrogen and oxygen atoms in total. The molecular weight excluding hydrogens is 564 g/mol. The van der Waals surface area contributed by atoms with Crippen molar-refractivity contribution in [3.05, 3.63) is 59.7 Å². The Hall–Kier alpha value is -3.30. The molecule has 4 heterocycles. The summed E-state index contributed by atoms with van der Waals surface area (Å²) in [6.45, 7) is 7.46. The van der Waals surface area contributed by atoms with Gasteiger partial charge in [0, 0.05) is 57.6 Å². The number of nitrogens with zero attached hydrogens (tertiary/aromatic N) is 3. The lowest BCUT2D eigenvalue weighted by Crippen LogP contribution is -2.64. The Morgan fingerprint density at radius 3 is 2.20 bits per heavy atom. The van der Waals surface area contributed by atoms with Crippen LogP contribution in [0.3, 0.4) is 0 Å². The quantitative estimate of drug-likeness (QED) is 0.348. The number of carbonyl (C=O) groups is 2. The Labute approximate surface area is 232 Å². The molecule has 0 aromatic carbocycles. The fraction of sp³-hybridized carbons (Fsp3) is 0.538. The number of aromatic nitrogens is 2. The van der Waals surface area contributed by atoms with E-state index in [2.05, 4.69) is 33.9 Å². The average Bonchev–Trinajstić information content (AvgIpc) is 2.86. The van der Waals surface area contributed by atoms with E-state index in [1.807, 2.05) is 30.9 Å². The van der Waals surface area contributed by atoms with Crippen LogP contribution in [-0.2, 0) is 32.2 Å². The molecule has 2 N–H and O–H groups in total. The number of aliphatic carboxylic acids is 2. The van der Waals surface area contributed by atoms with Gasteiger partial charge in [-0.1, -0.05) is 12.1 Å². The molecular formula is C26H31F6N3O6. The molecule has 2 aliphatic rings. The minimum Gasteiger partial charge on any atom is -0.475 e. The number of hydrogen-bond donors (Lipinski definition) is 2. The van der Waals surface area contributed by atoms with E-state index in [1.165, 1.54) is 11.1 Å². The van der Waals surface area contributed by atoms with Crippen LogP contribution in [0.1, 0.15) is 36.0 Å². The summed E-state index contributed by atoms with van der Waals surface area (Å²) in [5.41, 5.74) is 3.69. The van der Waals surface area contributed by atoms with Crippen LogP contribution in [0, 0.1) is 12.8 Å². The topological polar surface area (TPSA) is 122 Å². The van der Waals surface area contributed by atoms with E-state index in [-0.39, 0.29) is 5.60 Å². The zero-order valence-electron chi connectivity index (χ0n) is 22.1. The van der Waals surface area contributed by atoms with Gasteiger partial charge in [0.25, 0.3) is 0 Å². The highest BCUT2D eigenvalue weighted by atomic mass is 19.4. The number of hydrogen-bond acceptors (Lipinski definition) is 7. The van der Waals surface area contributed by atoms with E-state index in [1.54, 1.807) is 0 Å². The van der Waals surface area contributed by atoms with E-state index < -0.39 is 24.3 Å². The highest BCUT2D eigenvalue weighted by Crippen LogP contribution is 2.38. The first-order chi connectivity index (χ1) is 19.1. The normalized spacial score (nSPS) is 18.3. The standard InChI is InChI=1S/C22H29N3O2.2C2HF3O2/c1-18-9-21(13-24-11-18)15-26-7-4-19-5-8-27-22(10-19)16-25(17-22)14-20-3-2-6-23-12-20;2*3-2(4,5)1(6)7/h2-3,6,9,11-13,19H,4-5,7-8,10,14-17H2,1H3;2*(H,6,7). The number of rotatable bonds is 7. The van der Waals surface area contributed by atoms with E-state index >= 15 is 0 Å². The summed E-state index contributed by atoms with van der Waals surface area (Å²) in [6, 6.07) is 6.29. The molecule has 1 spiro atoms. The third kappa shape index (κ3) is 12.4. The van der Waals surface area contributed by atoms with Crippen LogP contribution in [0.2, 0.25) is 0 Å². The molecule has 1 unspecified atom stereocenters. The largest absolute Gasteiger partial charge is 0.490 e. The Balaban J connectivity index is 0.000000349. The van der Waals surface area contributed by atoms with E-state index in [4.69, 9.17) is 29.3 Å². The van der Waals surface area contributed by atoms with Crippen LogP contribution in [0.25, 0.3) is 0 Å². The molecule has 15 heteroatoms. The summed E-state index contributed by atoms with van der Waals surface area (Å²) in [5, 5.41) is 14.2. The minimum atomic E-state index is -5.08. The zero-order valence-corrected chi connectivity index (χ0v) is 22.1. The summed E-state index contributed by atoms with van der Waals surface area (Å²) in [5.74, 6) is -4.81. The predicted octanol–water partition coefficient (Wildman–Crippen LogP) is 4.64. The Morgan fingerprint density at radius 1 is 1.05 bits per heavy atom. The first-order valence-electron chi connectivity index (χ1n) is 12.4. The summed E-state index contributed by atoms with van der Waals surface area (Å²) >= 11 is 0. The Bertz CT molecular complexity index is 1090. The van der Waals surface area contributed by atoms with Gasteiger partial charge >= 0.3 is 24.3 Å². The molecule has 2 aliphatic heterocycles. The van der Waals surface area contributed by atoms with Gasteiger partial charge in [0.15, 0.2) is 0 Å². The van der Waals surface area contributed by atoms with Gasteiger partial charge in [-0.15, -0.1) is 0 Å². The third-order valence-electron chi connectivity index (χ3n) is 6.10. The van der Waals surface area contributed by atoms with E-state index in [0.29, 0.717) is 12.5 Å². The van der Waals surface area contributed by atoms with Crippen molar-refractivity contribution in [2.45, 2.75) is 57.3 Å². The van der Waals surface area contributed by atoms with Crippen LogP contribution in [-0.4, -0.2) is 81.3 Å². The molecule has 0 bridgehead atoms. The van der Waals surface area contributed by atoms with Crippen molar-refractivity contribution >= 4 is 11.9 Å². The number of alkyl halides is 6. The lowest BCUT2D eigenvalue weighted by atomic mass is 9.79. The second kappa shape index (κ2) is 15.1. The van der Waals surface area contributed by atoms with Crippen molar-refractivity contribution in [1.29, 1.82) is 0 Å². The molecule has 4 rings (SSSR count). The van der Waals surface area contributed by atoms with Crippen molar-refractivity contribution in [2.24, 2.45) is 5.92 Å². The van der Waals surface area contributed by atoms with Crippen LogP contribution < -0.4 is 0 Å². The van der Waals surface area contributed by atoms with Gasteiger partial charge in [0.1, 0.15) is 0 Å². The third-order valence-corrected chi connectivity index (χ3v) is 6.10. The second-order valence-electron chi connectivity index (χ2n) is 9.71. The van der Waals surface area contributed by atoms with E-state index in [9.17, 15) is 26.3 Å². The van der Waals surface area contributed by atoms with Crippen molar-refractivity contribution in [2.75, 3.05) is 26.3 Å². The fourth-order valence-electron chi connectivity index (χ4n) is 4.36. The van der Waals surface area contributed by atoms with Gasteiger partial charge in [-0.3, -0.25) is 14.9 Å². The molecule has 2 aromatic rings. The van der Waals surface area contributed by atoms with Gasteiger partial charge in [0.05, 0.1) is 12.2 Å². The van der Waals surface area contributed by atoms with Crippen LogP contribution in [0.5, 0.6) is 0 Å². The van der Waals surface area contributed by atoms with Gasteiger partial charge in [-0.25, -0.2) is 9.59 Å². The molecule has 228 valence electrons. The van der Waals surface area contributed by atoms with Crippen LogP contribution in [0.15, 0.2) is 43.0 Å². The maximum atomic E-state index is 10.6. The summed E-state index contributed by atoms with van der Waals surface area (Å²) in [7, 11) is 0. The first kappa shape index (κ1) is 33.9. The lowest BCUT2D eigenvalue weighted by molar-refractivity contribution is -0.193. The maximum absolute atomic E-state index is 10.6. The SMILES string of the molecule is Cc1cncc(COCCC2CCOC3(C2)CN(Cc2cccnc2)C3)c1.O=C(O)C(F)(F)F.O=C(O)C(F)(F)F. The van der Waals surface area contributed by atoms with Crippen molar-refractivity contribution in [3.8, 4) is 0 Å². The van der Waals surface area contributed by atoms with E-state index in [0.717, 1.165) is 57.7 Å². The second-order valence-corrected chi connectivity index (χ2v) is 9.71. The molecule has 0 amide bonds. The molecule has 41 heavy (non-hydrogen) atoms. The number of aryl methyl sites for hydroxylation is 1. The molecule has 2 aromatic heterocycles. The number of carboxylic acids is 2. The summed E-state index contributed by atoms with van der Waals surface area (Å²) in [4.78, 5) is 28.7. The van der Waals surface area contributed by atoms with Crippen molar-refractivity contribution in [1.82, 2.24) is 14.9 Å². The van der Waals surface area contributed by atoms with Gasteiger partial charge in [-0.05, 0) is 54.9 Å².